The van der Waals surface area contributed by atoms with Crippen molar-refractivity contribution in [3.63, 3.8) is 0 Å². The fraction of sp³-hybridized carbons (Fsp3) is 0.250. The van der Waals surface area contributed by atoms with E-state index in [0.717, 1.165) is 0 Å². The molecule has 0 aromatic carbocycles. The van der Waals surface area contributed by atoms with Crippen molar-refractivity contribution in [2.75, 3.05) is 36.6 Å². The lowest BCUT2D eigenvalue weighted by Crippen LogP contribution is -2.49. The summed E-state index contributed by atoms with van der Waals surface area (Å²) >= 11 is 0. The Hall–Kier alpha value is -3.20. The van der Waals surface area contributed by atoms with Gasteiger partial charge in [-0.2, -0.15) is 0 Å². The molecule has 0 aliphatic carbocycles. The van der Waals surface area contributed by atoms with Crippen LogP contribution in [0.4, 0.5) is 11.5 Å². The maximum absolute atomic E-state index is 12.5. The van der Waals surface area contributed by atoms with Crippen molar-refractivity contribution in [1.82, 2.24) is 14.9 Å². The number of pyridine rings is 2. The number of aromatic nitrogens is 2. The van der Waals surface area contributed by atoms with Crippen LogP contribution in [-0.2, 0) is 0 Å². The standard InChI is InChI=1S/C16H17N5O4/c22-15(13-4-3-11(10-18-13)16(23)24)21-8-6-20(7-9-21)14-12(19-25)2-1-5-17-14/h1-5,10,19,25H,6-9H2,(H,23,24). The number of carbonyl (C=O) groups excluding carboxylic acids is 1. The molecule has 3 N–H and O–H groups in total. The Morgan fingerprint density at radius 1 is 1.08 bits per heavy atom. The van der Waals surface area contributed by atoms with Gasteiger partial charge in [0.25, 0.3) is 5.91 Å². The number of hydrogen-bond donors (Lipinski definition) is 3. The van der Waals surface area contributed by atoms with E-state index < -0.39 is 5.97 Å². The second-order valence-corrected chi connectivity index (χ2v) is 5.50. The second-order valence-electron chi connectivity index (χ2n) is 5.50. The molecule has 0 radical (unpaired) electrons. The molecule has 0 unspecified atom stereocenters. The predicted octanol–water partition coefficient (Wildman–Crippen LogP) is 0.938. The number of nitrogens with one attached hydrogen (secondary N) is 1. The van der Waals surface area contributed by atoms with Crippen LogP contribution in [0.3, 0.4) is 0 Å². The Balaban J connectivity index is 1.65. The van der Waals surface area contributed by atoms with Gasteiger partial charge in [0.15, 0.2) is 5.82 Å². The van der Waals surface area contributed by atoms with Gasteiger partial charge in [-0.15, -0.1) is 0 Å². The number of carboxylic acids is 1. The largest absolute Gasteiger partial charge is 0.478 e. The summed E-state index contributed by atoms with van der Waals surface area (Å²) < 4.78 is 0. The Morgan fingerprint density at radius 3 is 2.44 bits per heavy atom. The number of hydrogen-bond acceptors (Lipinski definition) is 7. The molecule has 0 atom stereocenters. The Kier molecular flexibility index (Phi) is 4.75. The molecule has 130 valence electrons. The van der Waals surface area contributed by atoms with Crippen LogP contribution < -0.4 is 10.4 Å². The first-order chi connectivity index (χ1) is 12.1. The van der Waals surface area contributed by atoms with Gasteiger partial charge in [-0.3, -0.25) is 20.5 Å². The van der Waals surface area contributed by atoms with Crippen molar-refractivity contribution in [2.24, 2.45) is 0 Å². The zero-order chi connectivity index (χ0) is 17.8. The highest BCUT2D eigenvalue weighted by Gasteiger charge is 2.24. The number of nitrogens with zero attached hydrogens (tertiary/aromatic N) is 4. The lowest BCUT2D eigenvalue weighted by atomic mass is 10.2. The third-order valence-electron chi connectivity index (χ3n) is 4.00. The summed E-state index contributed by atoms with van der Waals surface area (Å²) in [6.07, 6.45) is 2.82. The molecule has 1 amide bonds. The van der Waals surface area contributed by atoms with Gasteiger partial charge in [0.05, 0.1) is 5.56 Å². The SMILES string of the molecule is O=C(O)c1ccc(C(=O)N2CCN(c3ncccc3NO)CC2)nc1. The van der Waals surface area contributed by atoms with Gasteiger partial charge in [0.1, 0.15) is 11.4 Å². The molecule has 3 rings (SSSR count). The molecule has 1 saturated heterocycles. The van der Waals surface area contributed by atoms with E-state index in [1.54, 1.807) is 23.2 Å². The maximum Gasteiger partial charge on any atom is 0.337 e. The summed E-state index contributed by atoms with van der Waals surface area (Å²) in [5.41, 5.74) is 2.89. The van der Waals surface area contributed by atoms with Crippen LogP contribution in [0, 0.1) is 0 Å². The van der Waals surface area contributed by atoms with E-state index in [1.165, 1.54) is 18.3 Å². The first kappa shape index (κ1) is 16.7. The molecular formula is C16H17N5O4. The molecule has 0 saturated carbocycles. The van der Waals surface area contributed by atoms with Gasteiger partial charge < -0.3 is 14.9 Å². The van der Waals surface area contributed by atoms with E-state index in [4.69, 9.17) is 10.3 Å². The average Bonchev–Trinajstić information content (AvgIpc) is 2.67. The van der Waals surface area contributed by atoms with Crippen molar-refractivity contribution in [1.29, 1.82) is 0 Å². The molecule has 0 spiro atoms. The van der Waals surface area contributed by atoms with Crippen LogP contribution in [0.25, 0.3) is 0 Å². The van der Waals surface area contributed by atoms with E-state index >= 15 is 0 Å². The normalized spacial score (nSPS) is 14.3. The summed E-state index contributed by atoms with van der Waals surface area (Å²) in [6, 6.07) is 6.22. The van der Waals surface area contributed by atoms with Crippen molar-refractivity contribution < 1.29 is 19.9 Å². The number of carbonyl (C=O) groups is 2. The van der Waals surface area contributed by atoms with E-state index in [2.05, 4.69) is 15.4 Å². The minimum Gasteiger partial charge on any atom is -0.478 e. The van der Waals surface area contributed by atoms with Gasteiger partial charge in [-0.25, -0.2) is 9.78 Å². The minimum absolute atomic E-state index is 0.0422. The van der Waals surface area contributed by atoms with Gasteiger partial charge in [0, 0.05) is 38.6 Å². The molecular weight excluding hydrogens is 326 g/mol. The first-order valence-electron chi connectivity index (χ1n) is 7.69. The molecule has 1 fully saturated rings. The van der Waals surface area contributed by atoms with Crippen molar-refractivity contribution in [2.45, 2.75) is 0 Å². The number of anilines is 2. The van der Waals surface area contributed by atoms with Crippen LogP contribution in [0.1, 0.15) is 20.8 Å². The lowest BCUT2D eigenvalue weighted by Gasteiger charge is -2.35. The summed E-state index contributed by atoms with van der Waals surface area (Å²) in [6.45, 7) is 2.07. The van der Waals surface area contributed by atoms with E-state index in [0.29, 0.717) is 37.7 Å². The quantitative estimate of drug-likeness (QED) is 0.702. The first-order valence-corrected chi connectivity index (χ1v) is 7.69. The molecule has 9 nitrogen and oxygen atoms in total. The summed E-state index contributed by atoms with van der Waals surface area (Å²) in [5, 5.41) is 18.0. The molecule has 1 aliphatic heterocycles. The summed E-state index contributed by atoms with van der Waals surface area (Å²) in [4.78, 5) is 35.1. The second kappa shape index (κ2) is 7.14. The smallest absolute Gasteiger partial charge is 0.337 e. The fourth-order valence-electron chi connectivity index (χ4n) is 2.67. The number of carboxylic acid groups (broad SMARTS) is 1. The van der Waals surface area contributed by atoms with Crippen molar-refractivity contribution in [3.05, 3.63) is 47.9 Å². The monoisotopic (exact) mass is 343 g/mol. The zero-order valence-corrected chi connectivity index (χ0v) is 13.3. The van der Waals surface area contributed by atoms with Crippen molar-refractivity contribution in [3.8, 4) is 0 Å². The molecule has 3 heterocycles. The summed E-state index contributed by atoms with van der Waals surface area (Å²) in [7, 11) is 0. The van der Waals surface area contributed by atoms with Gasteiger partial charge in [0.2, 0.25) is 0 Å². The van der Waals surface area contributed by atoms with Gasteiger partial charge in [-0.1, -0.05) is 0 Å². The molecule has 0 bridgehead atoms. The number of amides is 1. The zero-order valence-electron chi connectivity index (χ0n) is 13.3. The summed E-state index contributed by atoms with van der Waals surface area (Å²) in [5.74, 6) is -0.692. The Morgan fingerprint density at radius 2 is 1.84 bits per heavy atom. The molecule has 1 aliphatic rings. The lowest BCUT2D eigenvalue weighted by molar-refractivity contribution is 0.0691. The van der Waals surface area contributed by atoms with Crippen LogP contribution in [-0.4, -0.2) is 63.2 Å². The highest BCUT2D eigenvalue weighted by Crippen LogP contribution is 2.23. The molecule has 2 aromatic heterocycles. The third kappa shape index (κ3) is 3.50. The number of piperazine rings is 1. The molecule has 2 aromatic rings. The predicted molar refractivity (Wildman–Crippen MR) is 89.0 cm³/mol. The maximum atomic E-state index is 12.5. The third-order valence-corrected chi connectivity index (χ3v) is 4.00. The van der Waals surface area contributed by atoms with Crippen LogP contribution in [0.2, 0.25) is 0 Å². The fourth-order valence-corrected chi connectivity index (χ4v) is 2.67. The van der Waals surface area contributed by atoms with Crippen molar-refractivity contribution >= 4 is 23.4 Å². The highest BCUT2D eigenvalue weighted by atomic mass is 16.5. The minimum atomic E-state index is -1.08. The topological polar surface area (TPSA) is 119 Å². The average molecular weight is 343 g/mol. The van der Waals surface area contributed by atoms with Gasteiger partial charge >= 0.3 is 5.97 Å². The van der Waals surface area contributed by atoms with Crippen LogP contribution >= 0.6 is 0 Å². The Bertz CT molecular complexity index is 772. The van der Waals surface area contributed by atoms with E-state index in [-0.39, 0.29) is 17.2 Å². The molecule has 25 heavy (non-hydrogen) atoms. The highest BCUT2D eigenvalue weighted by molar-refractivity contribution is 5.94. The number of aromatic carboxylic acids is 1. The van der Waals surface area contributed by atoms with E-state index in [9.17, 15) is 9.59 Å². The van der Waals surface area contributed by atoms with Crippen LogP contribution in [0.15, 0.2) is 36.7 Å². The number of rotatable bonds is 4. The Labute approximate surface area is 143 Å². The van der Waals surface area contributed by atoms with Crippen LogP contribution in [0.5, 0.6) is 0 Å². The molecule has 9 heteroatoms. The van der Waals surface area contributed by atoms with E-state index in [1.807, 2.05) is 4.90 Å². The van der Waals surface area contributed by atoms with Gasteiger partial charge in [-0.05, 0) is 24.3 Å².